The molecule has 11 heavy (non-hydrogen) atoms. The number of nitrogens with zero attached hydrogens (tertiary/aromatic N) is 1. The maximum atomic E-state index is 8.32. The lowest BCUT2D eigenvalue weighted by Crippen LogP contribution is -1.72. The van der Waals surface area contributed by atoms with Crippen LogP contribution in [0.1, 0.15) is 20.8 Å². The Morgan fingerprint density at radius 2 is 2.27 bits per heavy atom. The van der Waals surface area contributed by atoms with E-state index in [0.717, 1.165) is 5.57 Å². The van der Waals surface area contributed by atoms with Crippen LogP contribution >= 0.6 is 0 Å². The Morgan fingerprint density at radius 1 is 1.64 bits per heavy atom. The number of rotatable bonds is 3. The fraction of sp³-hybridized carbons (Fsp3) is 0.300. The summed E-state index contributed by atoms with van der Waals surface area (Å²) < 4.78 is 0. The van der Waals surface area contributed by atoms with E-state index in [1.54, 1.807) is 6.08 Å². The number of allylic oxidation sites excluding steroid dienone is 5. The SMILES string of the molecule is C.C=C/C=C\C(=C/C)CC#N. The maximum Gasteiger partial charge on any atom is 0.0669 e. The Balaban J connectivity index is 0. The zero-order valence-corrected chi connectivity index (χ0v) is 6.17. The first kappa shape index (κ1) is 12.4. The van der Waals surface area contributed by atoms with Gasteiger partial charge in [-0.25, -0.2) is 0 Å². The molecule has 0 saturated carbocycles. The lowest BCUT2D eigenvalue weighted by atomic mass is 10.2. The van der Waals surface area contributed by atoms with E-state index in [2.05, 4.69) is 12.6 Å². The van der Waals surface area contributed by atoms with Crippen molar-refractivity contribution in [2.45, 2.75) is 20.8 Å². The van der Waals surface area contributed by atoms with Crippen molar-refractivity contribution in [1.82, 2.24) is 0 Å². The van der Waals surface area contributed by atoms with Crippen LogP contribution in [0.5, 0.6) is 0 Å². The quantitative estimate of drug-likeness (QED) is 0.565. The molecule has 0 fully saturated rings. The van der Waals surface area contributed by atoms with Crippen LogP contribution in [0.3, 0.4) is 0 Å². The second-order valence-electron chi connectivity index (χ2n) is 1.79. The lowest BCUT2D eigenvalue weighted by Gasteiger charge is -1.88. The number of nitriles is 1. The van der Waals surface area contributed by atoms with Gasteiger partial charge in [-0.2, -0.15) is 5.26 Å². The third-order valence-electron chi connectivity index (χ3n) is 1.10. The molecule has 0 atom stereocenters. The molecule has 0 aliphatic rings. The highest BCUT2D eigenvalue weighted by atomic mass is 14.2. The van der Waals surface area contributed by atoms with E-state index in [1.807, 2.05) is 25.2 Å². The summed E-state index contributed by atoms with van der Waals surface area (Å²) in [5.74, 6) is 0. The second kappa shape index (κ2) is 8.71. The molecule has 0 aliphatic carbocycles. The van der Waals surface area contributed by atoms with Gasteiger partial charge in [-0.1, -0.05) is 38.3 Å². The molecule has 0 aliphatic heterocycles. The van der Waals surface area contributed by atoms with E-state index >= 15 is 0 Å². The summed E-state index contributed by atoms with van der Waals surface area (Å²) in [5, 5.41) is 8.32. The summed E-state index contributed by atoms with van der Waals surface area (Å²) in [6.45, 7) is 5.45. The molecule has 1 heteroatoms. The molecule has 0 saturated heterocycles. The van der Waals surface area contributed by atoms with E-state index < -0.39 is 0 Å². The molecule has 0 N–H and O–H groups in total. The molecule has 0 rings (SSSR count). The minimum absolute atomic E-state index is 0. The molecule has 1 nitrogen and oxygen atoms in total. The first-order chi connectivity index (χ1) is 4.85. The van der Waals surface area contributed by atoms with Crippen LogP contribution in [0.4, 0.5) is 0 Å². The molecule has 0 aromatic heterocycles. The molecule has 0 bridgehead atoms. The smallest absolute Gasteiger partial charge is 0.0669 e. The molecule has 0 aromatic carbocycles. The van der Waals surface area contributed by atoms with Gasteiger partial charge in [0.25, 0.3) is 0 Å². The van der Waals surface area contributed by atoms with Crippen molar-refractivity contribution in [2.24, 2.45) is 0 Å². The molecule has 0 amide bonds. The summed E-state index contributed by atoms with van der Waals surface area (Å²) in [4.78, 5) is 0. The third-order valence-corrected chi connectivity index (χ3v) is 1.10. The zero-order valence-electron chi connectivity index (χ0n) is 6.17. The topological polar surface area (TPSA) is 23.8 Å². The zero-order chi connectivity index (χ0) is 7.82. The number of hydrogen-bond acceptors (Lipinski definition) is 1. The third kappa shape index (κ3) is 6.60. The van der Waals surface area contributed by atoms with Crippen molar-refractivity contribution < 1.29 is 0 Å². The van der Waals surface area contributed by atoms with Crippen molar-refractivity contribution in [2.75, 3.05) is 0 Å². The summed E-state index contributed by atoms with van der Waals surface area (Å²) in [6, 6.07) is 2.07. The van der Waals surface area contributed by atoms with Gasteiger partial charge >= 0.3 is 0 Å². The molecule has 60 valence electrons. The van der Waals surface area contributed by atoms with Gasteiger partial charge in [0, 0.05) is 0 Å². The Morgan fingerprint density at radius 3 is 2.64 bits per heavy atom. The highest BCUT2D eigenvalue weighted by Gasteiger charge is 1.85. The standard InChI is InChI=1S/C9H11N.CH4/c1-3-5-6-9(4-2)7-8-10;/h3-6H,1,7H2,2H3;1H4/b6-5-,9-4+;. The maximum absolute atomic E-state index is 8.32. The van der Waals surface area contributed by atoms with Crippen LogP contribution in [0, 0.1) is 11.3 Å². The number of hydrogen-bond donors (Lipinski definition) is 0. The fourth-order valence-electron chi connectivity index (χ4n) is 0.540. The monoisotopic (exact) mass is 149 g/mol. The highest BCUT2D eigenvalue weighted by molar-refractivity contribution is 5.23. The van der Waals surface area contributed by atoms with E-state index in [4.69, 9.17) is 5.26 Å². The van der Waals surface area contributed by atoms with Gasteiger partial charge in [0.05, 0.1) is 12.5 Å². The Hall–Kier alpha value is -1.29. The van der Waals surface area contributed by atoms with Crippen molar-refractivity contribution in [1.29, 1.82) is 5.26 Å². The van der Waals surface area contributed by atoms with Crippen LogP contribution in [0.25, 0.3) is 0 Å². The summed E-state index contributed by atoms with van der Waals surface area (Å²) in [6.07, 6.45) is 7.80. The van der Waals surface area contributed by atoms with Gasteiger partial charge in [0.15, 0.2) is 0 Å². The molecule has 0 heterocycles. The van der Waals surface area contributed by atoms with Crippen LogP contribution < -0.4 is 0 Å². The van der Waals surface area contributed by atoms with E-state index in [9.17, 15) is 0 Å². The summed E-state index contributed by atoms with van der Waals surface area (Å²) >= 11 is 0. The normalized spacial score (nSPS) is 10.4. The van der Waals surface area contributed by atoms with Crippen LogP contribution in [-0.4, -0.2) is 0 Å². The predicted molar refractivity (Wildman–Crippen MR) is 50.1 cm³/mol. The van der Waals surface area contributed by atoms with Gasteiger partial charge in [-0.05, 0) is 12.5 Å². The first-order valence-electron chi connectivity index (χ1n) is 3.16. The molecular formula is C10H15N. The molecule has 0 spiro atoms. The molecule has 0 aromatic rings. The largest absolute Gasteiger partial charge is 0.198 e. The molecular weight excluding hydrogens is 134 g/mol. The Labute approximate surface area is 69.4 Å². The van der Waals surface area contributed by atoms with E-state index in [0.29, 0.717) is 6.42 Å². The van der Waals surface area contributed by atoms with Crippen molar-refractivity contribution in [3.8, 4) is 6.07 Å². The van der Waals surface area contributed by atoms with Gasteiger partial charge < -0.3 is 0 Å². The van der Waals surface area contributed by atoms with Gasteiger partial charge in [0.2, 0.25) is 0 Å². The minimum Gasteiger partial charge on any atom is -0.198 e. The minimum atomic E-state index is 0. The van der Waals surface area contributed by atoms with Crippen molar-refractivity contribution >= 4 is 0 Å². The van der Waals surface area contributed by atoms with E-state index in [-0.39, 0.29) is 7.43 Å². The summed E-state index contributed by atoms with van der Waals surface area (Å²) in [7, 11) is 0. The average molecular weight is 149 g/mol. The van der Waals surface area contributed by atoms with Gasteiger partial charge in [-0.3, -0.25) is 0 Å². The van der Waals surface area contributed by atoms with Crippen LogP contribution in [0.2, 0.25) is 0 Å². The fourth-order valence-corrected chi connectivity index (χ4v) is 0.540. The lowest BCUT2D eigenvalue weighted by molar-refractivity contribution is 1.26. The average Bonchev–Trinajstić information content (AvgIpc) is 1.98. The first-order valence-corrected chi connectivity index (χ1v) is 3.16. The molecule has 0 radical (unpaired) electrons. The van der Waals surface area contributed by atoms with Crippen molar-refractivity contribution in [3.63, 3.8) is 0 Å². The van der Waals surface area contributed by atoms with Crippen LogP contribution in [-0.2, 0) is 0 Å². The Bertz CT molecular complexity index is 191. The van der Waals surface area contributed by atoms with Crippen LogP contribution in [0.15, 0.2) is 36.5 Å². The van der Waals surface area contributed by atoms with Crippen molar-refractivity contribution in [3.05, 3.63) is 36.5 Å². The predicted octanol–water partition coefficient (Wildman–Crippen LogP) is 3.22. The molecule has 0 unspecified atom stereocenters. The van der Waals surface area contributed by atoms with E-state index in [1.165, 1.54) is 0 Å². The second-order valence-corrected chi connectivity index (χ2v) is 1.79. The Kier molecular flexibility index (Phi) is 9.81. The summed E-state index contributed by atoms with van der Waals surface area (Å²) in [5.41, 5.74) is 1.03. The highest BCUT2D eigenvalue weighted by Crippen LogP contribution is 2.00. The van der Waals surface area contributed by atoms with Gasteiger partial charge in [0.1, 0.15) is 0 Å². The van der Waals surface area contributed by atoms with Gasteiger partial charge in [-0.15, -0.1) is 0 Å².